The van der Waals surface area contributed by atoms with Gasteiger partial charge in [-0.15, -0.1) is 0 Å². The van der Waals surface area contributed by atoms with Crippen molar-refractivity contribution in [2.45, 2.75) is 51.9 Å². The van der Waals surface area contributed by atoms with Crippen molar-refractivity contribution in [3.63, 3.8) is 0 Å². The van der Waals surface area contributed by atoms with Gasteiger partial charge in [0, 0.05) is 8.07 Å². The second kappa shape index (κ2) is 5.59. The minimum atomic E-state index is -0.804. The predicted molar refractivity (Wildman–Crippen MR) is 56.8 cm³/mol. The first-order valence-corrected chi connectivity index (χ1v) is 8.42. The summed E-state index contributed by atoms with van der Waals surface area (Å²) in [7, 11) is -0.804. The number of hydrogen-bond acceptors (Lipinski definition) is 0. The summed E-state index contributed by atoms with van der Waals surface area (Å²) in [6.45, 7) is 9.48. The number of rotatable bonds is 5. The largest absolute Gasteiger partial charge is 0.0912 e. The van der Waals surface area contributed by atoms with Crippen molar-refractivity contribution in [1.29, 1.82) is 0 Å². The molecular formula is C10H22Si. The lowest BCUT2D eigenvalue weighted by Crippen LogP contribution is -2.17. The first-order chi connectivity index (χ1) is 5.06. The Morgan fingerprint density at radius 2 is 1.73 bits per heavy atom. The summed E-state index contributed by atoms with van der Waals surface area (Å²) in [5.41, 5.74) is 0. The minimum absolute atomic E-state index is 0.804. The molecule has 0 amide bonds. The number of allylic oxidation sites excluding steroid dienone is 2. The Hall–Kier alpha value is -0.0431. The molecule has 0 spiro atoms. The fourth-order valence-electron chi connectivity index (χ4n) is 0.877. The molecule has 0 aromatic heterocycles. The fourth-order valence-corrected chi connectivity index (χ4v) is 1.75. The van der Waals surface area contributed by atoms with Gasteiger partial charge in [-0.2, -0.15) is 0 Å². The fraction of sp³-hybridized carbons (Fsp3) is 0.800. The van der Waals surface area contributed by atoms with E-state index >= 15 is 0 Å². The van der Waals surface area contributed by atoms with E-state index in [0.29, 0.717) is 0 Å². The van der Waals surface area contributed by atoms with Crippen molar-refractivity contribution in [2.75, 3.05) is 0 Å². The highest BCUT2D eigenvalue weighted by Crippen LogP contribution is 2.09. The smallest absolute Gasteiger partial charge is 0.0480 e. The monoisotopic (exact) mass is 170 g/mol. The summed E-state index contributed by atoms with van der Waals surface area (Å²) in [5.74, 6) is 0. The molecule has 0 heterocycles. The molecule has 0 aromatic rings. The quantitative estimate of drug-likeness (QED) is 0.331. The molecular weight excluding hydrogens is 148 g/mol. The van der Waals surface area contributed by atoms with E-state index in [1.807, 2.05) is 0 Å². The molecule has 0 rings (SSSR count). The molecule has 0 aliphatic carbocycles. The normalized spacial score (nSPS) is 12.7. The van der Waals surface area contributed by atoms with Crippen LogP contribution < -0.4 is 0 Å². The van der Waals surface area contributed by atoms with Crippen LogP contribution in [0.5, 0.6) is 0 Å². The summed E-state index contributed by atoms with van der Waals surface area (Å²) in [6, 6.07) is 1.34. The van der Waals surface area contributed by atoms with E-state index in [2.05, 4.69) is 38.7 Å². The lowest BCUT2D eigenvalue weighted by atomic mass is 10.2. The molecule has 11 heavy (non-hydrogen) atoms. The maximum atomic E-state index is 2.41. The van der Waals surface area contributed by atoms with Crippen molar-refractivity contribution in [3.05, 3.63) is 12.2 Å². The summed E-state index contributed by atoms with van der Waals surface area (Å²) < 4.78 is 0. The van der Waals surface area contributed by atoms with Crippen LogP contribution >= 0.6 is 0 Å². The van der Waals surface area contributed by atoms with Crippen LogP contribution in [0, 0.1) is 0 Å². The average Bonchev–Trinajstić information content (AvgIpc) is 1.85. The van der Waals surface area contributed by atoms with E-state index in [4.69, 9.17) is 0 Å². The number of hydrogen-bond donors (Lipinski definition) is 0. The maximum Gasteiger partial charge on any atom is 0.0480 e. The molecule has 0 aliphatic rings. The summed E-state index contributed by atoms with van der Waals surface area (Å²) in [6.07, 6.45) is 8.67. The van der Waals surface area contributed by atoms with Crippen LogP contribution in [0.1, 0.15) is 26.2 Å². The molecule has 0 nitrogen and oxygen atoms in total. The van der Waals surface area contributed by atoms with Crippen LogP contribution in [-0.4, -0.2) is 8.07 Å². The lowest BCUT2D eigenvalue weighted by molar-refractivity contribution is 0.814. The van der Waals surface area contributed by atoms with E-state index < -0.39 is 8.07 Å². The molecule has 66 valence electrons. The molecule has 1 heteroatoms. The molecule has 0 aliphatic heterocycles. The van der Waals surface area contributed by atoms with E-state index in [-0.39, 0.29) is 0 Å². The topological polar surface area (TPSA) is 0 Å². The third kappa shape index (κ3) is 9.96. The van der Waals surface area contributed by atoms with Gasteiger partial charge in [-0.25, -0.2) is 0 Å². The third-order valence-corrected chi connectivity index (χ3v) is 3.08. The predicted octanol–water partition coefficient (Wildman–Crippen LogP) is 4.07. The first-order valence-electron chi connectivity index (χ1n) is 4.71. The molecule has 0 atom stereocenters. The van der Waals surface area contributed by atoms with Crippen LogP contribution in [0.25, 0.3) is 0 Å². The SMILES string of the molecule is CCCC/C=C/C[Si](C)(C)C. The van der Waals surface area contributed by atoms with Gasteiger partial charge >= 0.3 is 0 Å². The third-order valence-electron chi connectivity index (χ3n) is 1.62. The zero-order valence-electron chi connectivity index (χ0n) is 8.48. The summed E-state index contributed by atoms with van der Waals surface area (Å²) in [5, 5.41) is 0. The summed E-state index contributed by atoms with van der Waals surface area (Å²) >= 11 is 0. The van der Waals surface area contributed by atoms with Gasteiger partial charge < -0.3 is 0 Å². The highest BCUT2D eigenvalue weighted by atomic mass is 28.3. The second-order valence-electron chi connectivity index (χ2n) is 4.38. The van der Waals surface area contributed by atoms with E-state index in [1.165, 1.54) is 25.3 Å². The van der Waals surface area contributed by atoms with Crippen molar-refractivity contribution < 1.29 is 0 Å². The summed E-state index contributed by atoms with van der Waals surface area (Å²) in [4.78, 5) is 0. The molecule has 0 saturated heterocycles. The zero-order valence-corrected chi connectivity index (χ0v) is 9.48. The van der Waals surface area contributed by atoms with Gasteiger partial charge in [-0.1, -0.05) is 51.6 Å². The van der Waals surface area contributed by atoms with E-state index in [9.17, 15) is 0 Å². The molecule has 0 saturated carbocycles. The number of unbranched alkanes of at least 4 members (excludes halogenated alkanes) is 2. The Kier molecular flexibility index (Phi) is 5.57. The Morgan fingerprint density at radius 1 is 1.09 bits per heavy atom. The van der Waals surface area contributed by atoms with Crippen LogP contribution in [0.2, 0.25) is 25.7 Å². The van der Waals surface area contributed by atoms with Crippen LogP contribution in [0.4, 0.5) is 0 Å². The average molecular weight is 170 g/mol. The standard InChI is InChI=1S/C10H22Si/c1-5-6-7-8-9-10-11(2,3)4/h8-9H,5-7,10H2,1-4H3/b9-8+. The molecule has 0 bridgehead atoms. The van der Waals surface area contributed by atoms with Crippen molar-refractivity contribution >= 4 is 8.07 Å². The Balaban J connectivity index is 3.30. The molecule has 0 unspecified atom stereocenters. The molecule has 0 radical (unpaired) electrons. The van der Waals surface area contributed by atoms with Gasteiger partial charge in [0.1, 0.15) is 0 Å². The zero-order chi connectivity index (χ0) is 8.74. The van der Waals surface area contributed by atoms with Crippen LogP contribution in [0.3, 0.4) is 0 Å². The van der Waals surface area contributed by atoms with E-state index in [1.54, 1.807) is 0 Å². The highest BCUT2D eigenvalue weighted by molar-refractivity contribution is 6.76. The van der Waals surface area contributed by atoms with Crippen LogP contribution in [0.15, 0.2) is 12.2 Å². The van der Waals surface area contributed by atoms with Gasteiger partial charge in [0.15, 0.2) is 0 Å². The minimum Gasteiger partial charge on any atom is -0.0912 e. The highest BCUT2D eigenvalue weighted by Gasteiger charge is 2.08. The van der Waals surface area contributed by atoms with Gasteiger partial charge in [-0.05, 0) is 12.5 Å². The Bertz CT molecular complexity index is 109. The van der Waals surface area contributed by atoms with Gasteiger partial charge in [0.2, 0.25) is 0 Å². The van der Waals surface area contributed by atoms with Crippen molar-refractivity contribution in [3.8, 4) is 0 Å². The van der Waals surface area contributed by atoms with Crippen LogP contribution in [-0.2, 0) is 0 Å². The van der Waals surface area contributed by atoms with Crippen molar-refractivity contribution in [1.82, 2.24) is 0 Å². The Labute approximate surface area is 72.7 Å². The van der Waals surface area contributed by atoms with Crippen molar-refractivity contribution in [2.24, 2.45) is 0 Å². The first kappa shape index (κ1) is 11.0. The lowest BCUT2D eigenvalue weighted by Gasteiger charge is -2.11. The van der Waals surface area contributed by atoms with Gasteiger partial charge in [0.05, 0.1) is 0 Å². The molecule has 0 fully saturated rings. The van der Waals surface area contributed by atoms with Gasteiger partial charge in [-0.3, -0.25) is 0 Å². The van der Waals surface area contributed by atoms with Gasteiger partial charge in [0.25, 0.3) is 0 Å². The van der Waals surface area contributed by atoms with E-state index in [0.717, 1.165) is 0 Å². The molecule has 0 N–H and O–H groups in total. The second-order valence-corrected chi connectivity index (χ2v) is 9.91. The maximum absolute atomic E-state index is 2.41. The Morgan fingerprint density at radius 3 is 2.18 bits per heavy atom. The molecule has 0 aromatic carbocycles.